The van der Waals surface area contributed by atoms with Gasteiger partial charge in [-0.15, -0.1) is 0 Å². The third kappa shape index (κ3) is 6.67. The number of amides is 1. The summed E-state index contributed by atoms with van der Waals surface area (Å²) in [7, 11) is 0. The maximum Gasteiger partial charge on any atom is 0.307 e. The van der Waals surface area contributed by atoms with E-state index in [0.717, 1.165) is 30.8 Å². The van der Waals surface area contributed by atoms with E-state index in [9.17, 15) is 9.59 Å². The molecule has 0 spiro atoms. The molecule has 0 bridgehead atoms. The van der Waals surface area contributed by atoms with E-state index in [2.05, 4.69) is 0 Å². The lowest BCUT2D eigenvalue weighted by Crippen LogP contribution is -2.39. The summed E-state index contributed by atoms with van der Waals surface area (Å²) in [4.78, 5) is 26.2. The van der Waals surface area contributed by atoms with Crippen molar-refractivity contribution in [2.75, 3.05) is 32.9 Å². The number of hydrogen-bond acceptors (Lipinski definition) is 5. The van der Waals surface area contributed by atoms with Gasteiger partial charge < -0.3 is 19.1 Å². The van der Waals surface area contributed by atoms with Gasteiger partial charge in [-0.3, -0.25) is 9.59 Å². The molecule has 0 aliphatic carbocycles. The zero-order valence-corrected chi connectivity index (χ0v) is 15.7. The molecular weight excluding hydrogens is 334 g/mol. The lowest BCUT2D eigenvalue weighted by molar-refractivity contribution is -0.144. The van der Waals surface area contributed by atoms with E-state index in [-0.39, 0.29) is 24.4 Å². The molecule has 26 heavy (non-hydrogen) atoms. The van der Waals surface area contributed by atoms with Crippen LogP contribution in [0.5, 0.6) is 5.75 Å². The molecule has 1 aliphatic rings. The lowest BCUT2D eigenvalue weighted by atomic mass is 10.1. The Balaban J connectivity index is 1.94. The summed E-state index contributed by atoms with van der Waals surface area (Å²) in [6.07, 6.45) is 2.52. The quantitative estimate of drug-likeness (QED) is 0.598. The number of nitrogens with zero attached hydrogens (tertiary/aromatic N) is 1. The van der Waals surface area contributed by atoms with Gasteiger partial charge in [-0.05, 0) is 44.4 Å². The van der Waals surface area contributed by atoms with Gasteiger partial charge in [-0.1, -0.05) is 12.1 Å². The monoisotopic (exact) mass is 363 g/mol. The van der Waals surface area contributed by atoms with E-state index in [1.807, 2.05) is 31.2 Å². The first-order valence-electron chi connectivity index (χ1n) is 9.39. The molecule has 144 valence electrons. The highest BCUT2D eigenvalue weighted by Crippen LogP contribution is 2.16. The topological polar surface area (TPSA) is 65.1 Å². The van der Waals surface area contributed by atoms with E-state index < -0.39 is 0 Å². The normalized spacial score (nSPS) is 16.3. The van der Waals surface area contributed by atoms with Crippen LogP contribution in [-0.4, -0.2) is 55.8 Å². The predicted octanol–water partition coefficient (Wildman–Crippen LogP) is 2.59. The Morgan fingerprint density at radius 1 is 1.19 bits per heavy atom. The highest BCUT2D eigenvalue weighted by atomic mass is 16.5. The highest BCUT2D eigenvalue weighted by molar-refractivity contribution is 5.79. The largest absolute Gasteiger partial charge is 0.494 e. The third-order valence-corrected chi connectivity index (χ3v) is 4.28. The highest BCUT2D eigenvalue weighted by Gasteiger charge is 2.23. The van der Waals surface area contributed by atoms with Crippen LogP contribution in [0.25, 0.3) is 0 Å². The van der Waals surface area contributed by atoms with Crippen LogP contribution >= 0.6 is 0 Å². The maximum atomic E-state index is 12.8. The van der Waals surface area contributed by atoms with Crippen LogP contribution in [0.4, 0.5) is 0 Å². The summed E-state index contributed by atoms with van der Waals surface area (Å²) in [5.41, 5.74) is 0.923. The first-order valence-corrected chi connectivity index (χ1v) is 9.39. The molecule has 2 rings (SSSR count). The zero-order valence-electron chi connectivity index (χ0n) is 15.7. The van der Waals surface area contributed by atoms with Crippen LogP contribution in [0.15, 0.2) is 24.3 Å². The number of carbonyl (C=O) groups is 2. The zero-order chi connectivity index (χ0) is 18.8. The van der Waals surface area contributed by atoms with Crippen LogP contribution in [0.2, 0.25) is 0 Å². The maximum absolute atomic E-state index is 12.8. The SMILES string of the molecule is CCOC(=O)CCN(CC1CCCO1)C(=O)Cc1ccc(OCC)cc1. The number of esters is 1. The van der Waals surface area contributed by atoms with Crippen molar-refractivity contribution in [1.82, 2.24) is 4.90 Å². The molecule has 1 aliphatic heterocycles. The summed E-state index contributed by atoms with van der Waals surface area (Å²) in [5.74, 6) is 0.509. The van der Waals surface area contributed by atoms with E-state index >= 15 is 0 Å². The van der Waals surface area contributed by atoms with Gasteiger partial charge >= 0.3 is 5.97 Å². The fourth-order valence-corrected chi connectivity index (χ4v) is 2.97. The molecule has 1 aromatic carbocycles. The van der Waals surface area contributed by atoms with E-state index in [4.69, 9.17) is 14.2 Å². The Kier molecular flexibility index (Phi) is 8.41. The average Bonchev–Trinajstić information content (AvgIpc) is 3.14. The fourth-order valence-electron chi connectivity index (χ4n) is 2.97. The minimum absolute atomic E-state index is 0.00559. The van der Waals surface area contributed by atoms with Gasteiger partial charge in [-0.25, -0.2) is 0 Å². The molecule has 0 N–H and O–H groups in total. The molecule has 0 saturated carbocycles. The van der Waals surface area contributed by atoms with Gasteiger partial charge in [0.25, 0.3) is 0 Å². The van der Waals surface area contributed by atoms with Gasteiger partial charge in [-0.2, -0.15) is 0 Å². The molecule has 6 heteroatoms. The predicted molar refractivity (Wildman–Crippen MR) is 98.1 cm³/mol. The van der Waals surface area contributed by atoms with Crippen molar-refractivity contribution in [2.24, 2.45) is 0 Å². The summed E-state index contributed by atoms with van der Waals surface area (Å²) < 4.78 is 16.1. The smallest absolute Gasteiger partial charge is 0.307 e. The summed E-state index contributed by atoms with van der Waals surface area (Å²) in [6.45, 7) is 6.29. The molecule has 1 unspecified atom stereocenters. The Labute approximate surface area is 155 Å². The van der Waals surface area contributed by atoms with Gasteiger partial charge in [0.05, 0.1) is 32.2 Å². The van der Waals surface area contributed by atoms with E-state index in [0.29, 0.717) is 32.7 Å². The molecule has 1 heterocycles. The van der Waals surface area contributed by atoms with E-state index in [1.54, 1.807) is 11.8 Å². The lowest BCUT2D eigenvalue weighted by Gasteiger charge is -2.25. The summed E-state index contributed by atoms with van der Waals surface area (Å²) in [6, 6.07) is 7.54. The Morgan fingerprint density at radius 2 is 1.96 bits per heavy atom. The first-order chi connectivity index (χ1) is 12.6. The van der Waals surface area contributed by atoms with Crippen molar-refractivity contribution in [3.05, 3.63) is 29.8 Å². The number of carbonyl (C=O) groups excluding carboxylic acids is 2. The number of ether oxygens (including phenoxy) is 3. The molecule has 1 aromatic rings. The number of benzene rings is 1. The Morgan fingerprint density at radius 3 is 2.58 bits per heavy atom. The molecule has 0 radical (unpaired) electrons. The molecule has 1 amide bonds. The minimum atomic E-state index is -0.279. The first kappa shape index (κ1) is 20.2. The van der Waals surface area contributed by atoms with Gasteiger partial charge in [0, 0.05) is 19.7 Å². The number of rotatable bonds is 10. The third-order valence-electron chi connectivity index (χ3n) is 4.28. The second-order valence-electron chi connectivity index (χ2n) is 6.28. The van der Waals surface area contributed by atoms with Crippen LogP contribution in [0, 0.1) is 0 Å². The van der Waals surface area contributed by atoms with Crippen LogP contribution in [-0.2, 0) is 25.5 Å². The van der Waals surface area contributed by atoms with Crippen molar-refractivity contribution >= 4 is 11.9 Å². The molecule has 1 fully saturated rings. The minimum Gasteiger partial charge on any atom is -0.494 e. The van der Waals surface area contributed by atoms with E-state index in [1.165, 1.54) is 0 Å². The molecule has 0 aromatic heterocycles. The van der Waals surface area contributed by atoms with Crippen LogP contribution < -0.4 is 4.74 Å². The standard InChI is InChI=1S/C20H29NO5/c1-3-24-17-9-7-16(8-10-17)14-19(22)21(12-11-20(23)25-4-2)15-18-6-5-13-26-18/h7-10,18H,3-6,11-15H2,1-2H3. The number of hydrogen-bond donors (Lipinski definition) is 0. The second-order valence-corrected chi connectivity index (χ2v) is 6.28. The van der Waals surface area contributed by atoms with Gasteiger partial charge in [0.2, 0.25) is 5.91 Å². The van der Waals surface area contributed by atoms with Crippen LogP contribution in [0.1, 0.15) is 38.7 Å². The van der Waals surface area contributed by atoms with Crippen molar-refractivity contribution in [3.8, 4) is 5.75 Å². The molecule has 1 saturated heterocycles. The van der Waals surface area contributed by atoms with Crippen molar-refractivity contribution in [3.63, 3.8) is 0 Å². The van der Waals surface area contributed by atoms with Crippen molar-refractivity contribution in [1.29, 1.82) is 0 Å². The fraction of sp³-hybridized carbons (Fsp3) is 0.600. The second kappa shape index (κ2) is 10.8. The Bertz CT molecular complexity index is 566. The molecular formula is C20H29NO5. The summed E-state index contributed by atoms with van der Waals surface area (Å²) >= 11 is 0. The summed E-state index contributed by atoms with van der Waals surface area (Å²) in [5, 5.41) is 0. The Hall–Kier alpha value is -2.08. The van der Waals surface area contributed by atoms with Gasteiger partial charge in [0.1, 0.15) is 5.75 Å². The van der Waals surface area contributed by atoms with Crippen molar-refractivity contribution < 1.29 is 23.8 Å². The van der Waals surface area contributed by atoms with Crippen molar-refractivity contribution in [2.45, 2.75) is 45.6 Å². The average molecular weight is 363 g/mol. The molecule has 1 atom stereocenters. The van der Waals surface area contributed by atoms with Crippen LogP contribution in [0.3, 0.4) is 0 Å². The molecule has 6 nitrogen and oxygen atoms in total. The van der Waals surface area contributed by atoms with Gasteiger partial charge in [0.15, 0.2) is 0 Å².